The summed E-state index contributed by atoms with van der Waals surface area (Å²) in [5, 5.41) is 20.5. The van der Waals surface area contributed by atoms with Crippen LogP contribution in [-0.2, 0) is 14.2 Å². The van der Waals surface area contributed by atoms with Crippen molar-refractivity contribution in [3.05, 3.63) is 196 Å². The van der Waals surface area contributed by atoms with Crippen LogP contribution in [0.5, 0.6) is 0 Å². The highest BCUT2D eigenvalue weighted by molar-refractivity contribution is 14.1. The molecule has 0 unspecified atom stereocenters. The van der Waals surface area contributed by atoms with Crippen molar-refractivity contribution in [1.29, 1.82) is 0 Å². The van der Waals surface area contributed by atoms with Crippen LogP contribution < -0.4 is 10.8 Å². The lowest BCUT2D eigenvalue weighted by Crippen LogP contribution is -2.52. The zero-order chi connectivity index (χ0) is 62.6. The van der Waals surface area contributed by atoms with Crippen LogP contribution in [0.2, 0.25) is 0 Å². The maximum Gasteiger partial charge on any atom is 0.488 e. The Balaban J connectivity index is 0.000000197. The average Bonchev–Trinajstić information content (AvgIpc) is 3.59. The lowest BCUT2D eigenvalue weighted by Gasteiger charge is -2.40. The van der Waals surface area contributed by atoms with Gasteiger partial charge >= 0.3 is 25.4 Å². The number of alkyl halides is 1. The summed E-state index contributed by atoms with van der Waals surface area (Å²) < 4.78 is 42.6. The van der Waals surface area contributed by atoms with E-state index in [1.54, 1.807) is 63.2 Å². The van der Waals surface area contributed by atoms with Gasteiger partial charge in [0.25, 0.3) is 0 Å². The number of carbonyl (C=O) groups excluding carboxylic acids is 3. The molecule has 7 aromatic rings. The lowest BCUT2D eigenvalue weighted by atomic mass is 9.81. The van der Waals surface area contributed by atoms with Crippen LogP contribution in [0, 0.1) is 15.5 Å². The molecule has 3 amide bonds. The third kappa shape index (κ3) is 23.6. The highest BCUT2D eigenvalue weighted by Gasteiger charge is 2.38. The summed E-state index contributed by atoms with van der Waals surface area (Å²) in [4.78, 5) is 56.2. The van der Waals surface area contributed by atoms with Crippen LogP contribution in [0.25, 0.3) is 22.5 Å². The Labute approximate surface area is 544 Å². The topological polar surface area (TPSA) is 193 Å². The number of likely N-dealkylation sites (tertiary alicyclic amines) is 3. The number of nitrogens with one attached hydrogen (secondary N) is 1. The number of hydrogen-bond acceptors (Lipinski definition) is 13. The van der Waals surface area contributed by atoms with Gasteiger partial charge in [-0.3, -0.25) is 9.97 Å². The molecular weight excluding hydrogens is 1360 g/mol. The Morgan fingerprint density at radius 1 is 0.494 bits per heavy atom. The zero-order valence-corrected chi connectivity index (χ0v) is 55.7. The highest BCUT2D eigenvalue weighted by Crippen LogP contribution is 2.35. The number of nitrogens with zero attached hydrogens (tertiary/aromatic N) is 7. The van der Waals surface area contributed by atoms with Crippen molar-refractivity contribution in [2.45, 2.75) is 101 Å². The Hall–Kier alpha value is -6.38. The fourth-order valence-electron chi connectivity index (χ4n) is 8.57. The van der Waals surface area contributed by atoms with Gasteiger partial charge in [0.15, 0.2) is 0 Å². The number of rotatable bonds is 6. The molecule has 22 heteroatoms. The van der Waals surface area contributed by atoms with E-state index in [0.717, 1.165) is 43.1 Å². The first-order chi connectivity index (χ1) is 40.7. The number of carbonyl (C=O) groups is 3. The summed E-state index contributed by atoms with van der Waals surface area (Å²) in [6.45, 7) is 22.9. The van der Waals surface area contributed by atoms with E-state index in [9.17, 15) is 23.2 Å². The monoisotopic (exact) mass is 1440 g/mol. The summed E-state index contributed by atoms with van der Waals surface area (Å²) >= 11 is 4.22. The second-order valence-corrected chi connectivity index (χ2v) is 26.5. The zero-order valence-electron chi connectivity index (χ0n) is 50.5. The SMILES string of the molecule is CC(C)(C)OC(=O)N1CC(I)C1.CC(C)(C)OC(=O)N1CC(c2cccnc2-c2ccccc2)C1.CC(C)(C)OC(=O)N1CC(c2cccnc2F)C1.Cl.Fc1ncccc1I.OB(O)c1ccccc1.c1ccc(-c2ncccc2C2CNC2)cc1. The van der Waals surface area contributed by atoms with Gasteiger partial charge in [0.05, 0.1) is 15.0 Å². The first kappa shape index (κ1) is 71.4. The van der Waals surface area contributed by atoms with E-state index in [1.165, 1.54) is 29.1 Å². The maximum atomic E-state index is 13.4. The second kappa shape index (κ2) is 33.8. The molecule has 16 nitrogen and oxygen atoms in total. The van der Waals surface area contributed by atoms with Crippen molar-refractivity contribution in [1.82, 2.24) is 40.0 Å². The number of hydrogen-bond donors (Lipinski definition) is 3. The van der Waals surface area contributed by atoms with Crippen molar-refractivity contribution in [3.63, 3.8) is 0 Å². The van der Waals surface area contributed by atoms with E-state index in [0.29, 0.717) is 56.5 Å². The van der Waals surface area contributed by atoms with Crippen molar-refractivity contribution in [2.75, 3.05) is 52.4 Å². The lowest BCUT2D eigenvalue weighted by molar-refractivity contribution is 0.00710. The molecule has 0 saturated carbocycles. The Morgan fingerprint density at radius 2 is 0.839 bits per heavy atom. The van der Waals surface area contributed by atoms with Gasteiger partial charge < -0.3 is 44.3 Å². The predicted molar refractivity (Wildman–Crippen MR) is 356 cm³/mol. The Kier molecular flexibility index (Phi) is 27.8. The van der Waals surface area contributed by atoms with E-state index in [1.807, 2.05) is 140 Å². The van der Waals surface area contributed by atoms with Gasteiger partial charge in [0.2, 0.25) is 11.9 Å². The maximum absolute atomic E-state index is 13.4. The minimum Gasteiger partial charge on any atom is -0.444 e. The predicted octanol–water partition coefficient (Wildman–Crippen LogP) is 12.7. The van der Waals surface area contributed by atoms with Crippen LogP contribution >= 0.6 is 57.6 Å². The molecule has 3 N–H and O–H groups in total. The fraction of sp³-hybridized carbons (Fsp3) is 0.369. The molecule has 87 heavy (non-hydrogen) atoms. The van der Waals surface area contributed by atoms with Crippen LogP contribution in [0.4, 0.5) is 23.2 Å². The van der Waals surface area contributed by atoms with Gasteiger partial charge in [-0.15, -0.1) is 12.4 Å². The largest absolute Gasteiger partial charge is 0.488 e. The van der Waals surface area contributed by atoms with Gasteiger partial charge in [-0.05, 0) is 132 Å². The van der Waals surface area contributed by atoms with E-state index < -0.39 is 30.2 Å². The number of amides is 3. The molecule has 4 aromatic heterocycles. The standard InChI is InChI=1S/C19H22N2O2.C14H14N2.C13H17FN2O2.C8H14INO2.C6H7BO2.C5H3FIN.ClH/c1-19(2,3)23-18(22)21-12-15(13-21)16-10-7-11-20-17(16)14-8-5-4-6-9-14;1-2-5-11(6-3-1)14-13(7-4-8-16-14)12-9-15-10-12;1-13(2,3)18-12(17)16-7-9(8-16)10-5-4-6-15-11(10)14;1-8(2,3)12-7(11)10-4-6(9)5-10;8-7(9)6-4-2-1-3-5-6;6-5-4(7)2-1-3-8-5;/h4-11,15H,12-13H2,1-3H3;1-8,12,15H,9-10H2;4-6,9H,7-8H2,1-3H3;6H,4-5H2,1-3H3;1-5,8-9H;1-3H;1H. The third-order valence-electron chi connectivity index (χ3n) is 13.0. The molecule has 4 saturated heterocycles. The van der Waals surface area contributed by atoms with Crippen LogP contribution in [0.1, 0.15) is 96.8 Å². The summed E-state index contributed by atoms with van der Waals surface area (Å²) in [6.07, 6.45) is 5.77. The molecule has 3 aromatic carbocycles. The number of aromatic nitrogens is 4. The minimum absolute atomic E-state index is 0. The van der Waals surface area contributed by atoms with Gasteiger partial charge in [-0.2, -0.15) is 8.78 Å². The van der Waals surface area contributed by atoms with Gasteiger partial charge in [-0.25, -0.2) is 24.4 Å². The molecular formula is C65H78BClF2I2N8O8. The molecule has 4 aliphatic rings. The molecule has 4 fully saturated rings. The second-order valence-electron chi connectivity index (χ2n) is 23.6. The Morgan fingerprint density at radius 3 is 1.16 bits per heavy atom. The van der Waals surface area contributed by atoms with Crippen molar-refractivity contribution >= 4 is 88.4 Å². The van der Waals surface area contributed by atoms with Crippen molar-refractivity contribution in [2.24, 2.45) is 0 Å². The third-order valence-corrected chi connectivity index (χ3v) is 14.6. The van der Waals surface area contributed by atoms with E-state index in [4.69, 9.17) is 24.3 Å². The summed E-state index contributed by atoms with van der Waals surface area (Å²) in [7, 11) is -1.34. The molecule has 0 spiro atoms. The minimum atomic E-state index is -1.34. The molecule has 464 valence electrons. The van der Waals surface area contributed by atoms with Gasteiger partial charge in [-0.1, -0.05) is 132 Å². The van der Waals surface area contributed by atoms with Crippen LogP contribution in [0.15, 0.2) is 164 Å². The number of halogens is 5. The fourth-order valence-corrected chi connectivity index (χ4v) is 9.87. The first-order valence-electron chi connectivity index (χ1n) is 28.3. The molecule has 0 bridgehead atoms. The summed E-state index contributed by atoms with van der Waals surface area (Å²) in [6, 6.07) is 44.3. The normalized spacial score (nSPS) is 14.7. The van der Waals surface area contributed by atoms with E-state index in [2.05, 4.69) is 96.4 Å². The molecule has 0 aliphatic carbocycles. The van der Waals surface area contributed by atoms with E-state index in [-0.39, 0.29) is 42.2 Å². The molecule has 8 heterocycles. The molecule has 11 rings (SSSR count). The molecule has 0 atom stereocenters. The van der Waals surface area contributed by atoms with E-state index >= 15 is 0 Å². The summed E-state index contributed by atoms with van der Waals surface area (Å²) in [5.74, 6) is 0.112. The van der Waals surface area contributed by atoms with Crippen LogP contribution in [-0.4, -0.2) is 143 Å². The quantitative estimate of drug-likeness (QED) is 0.0469. The number of pyridine rings is 4. The average molecular weight is 1440 g/mol. The van der Waals surface area contributed by atoms with Crippen molar-refractivity contribution in [3.8, 4) is 22.5 Å². The van der Waals surface area contributed by atoms with Gasteiger partial charge in [0.1, 0.15) is 16.8 Å². The Bertz CT molecular complexity index is 3220. The van der Waals surface area contributed by atoms with Crippen molar-refractivity contribution < 1.29 is 47.4 Å². The number of ether oxygens (including phenoxy) is 3. The van der Waals surface area contributed by atoms with Crippen LogP contribution in [0.3, 0.4) is 0 Å². The number of benzene rings is 3. The smallest absolute Gasteiger partial charge is 0.444 e. The highest BCUT2D eigenvalue weighted by atomic mass is 127. The summed E-state index contributed by atoms with van der Waals surface area (Å²) in [5.41, 5.74) is 6.79. The molecule has 4 aliphatic heterocycles. The molecule has 0 radical (unpaired) electrons. The van der Waals surface area contributed by atoms with Gasteiger partial charge in [0, 0.05) is 116 Å². The first-order valence-corrected chi connectivity index (χ1v) is 30.6.